The molecule has 0 radical (unpaired) electrons. The second kappa shape index (κ2) is 7.70. The van der Waals surface area contributed by atoms with Crippen molar-refractivity contribution in [3.63, 3.8) is 0 Å². The van der Waals surface area contributed by atoms with Crippen LogP contribution in [0.15, 0.2) is 48.5 Å². The van der Waals surface area contributed by atoms with Crippen LogP contribution in [0.3, 0.4) is 0 Å². The van der Waals surface area contributed by atoms with Gasteiger partial charge in [-0.25, -0.2) is 4.79 Å². The predicted octanol–water partition coefficient (Wildman–Crippen LogP) is 4.13. The maximum Gasteiger partial charge on any atom is 0.337 e. The molecule has 1 aliphatic carbocycles. The van der Waals surface area contributed by atoms with Crippen LogP contribution in [-0.4, -0.2) is 24.9 Å². The van der Waals surface area contributed by atoms with E-state index >= 15 is 0 Å². The van der Waals surface area contributed by atoms with Crippen LogP contribution in [0.5, 0.6) is 0 Å². The fourth-order valence-electron chi connectivity index (χ4n) is 3.04. The molecule has 0 unspecified atom stereocenters. The van der Waals surface area contributed by atoms with Crippen molar-refractivity contribution in [3.8, 4) is 0 Å². The number of rotatable bonds is 5. The third-order valence-electron chi connectivity index (χ3n) is 5.19. The van der Waals surface area contributed by atoms with E-state index in [1.54, 1.807) is 24.3 Å². The van der Waals surface area contributed by atoms with Crippen molar-refractivity contribution in [1.29, 1.82) is 0 Å². The monoisotopic (exact) mass is 394 g/mol. The number of benzene rings is 2. The number of hydrogen-bond acceptors (Lipinski definition) is 4. The van der Waals surface area contributed by atoms with Crippen LogP contribution in [0, 0.1) is 5.41 Å². The number of carbonyl (C=O) groups excluding carboxylic acids is 3. The number of ether oxygens (including phenoxy) is 1. The van der Waals surface area contributed by atoms with Gasteiger partial charge in [-0.15, -0.1) is 0 Å². The summed E-state index contributed by atoms with van der Waals surface area (Å²) in [5.74, 6) is -1.09. The number of anilines is 2. The summed E-state index contributed by atoms with van der Waals surface area (Å²) in [5.41, 5.74) is 1.74. The standard InChI is InChI=1S/C23H26N2O4/c1-22(2,3)16-7-11-18(12-8-16)25-21(28)23(13-14-23)20(27)24-17-9-5-15(6-10-17)19(26)29-4/h5-12H,13-14H2,1-4H3,(H,24,27)(H,25,28). The first-order chi connectivity index (χ1) is 13.7. The van der Waals surface area contributed by atoms with E-state index in [9.17, 15) is 14.4 Å². The summed E-state index contributed by atoms with van der Waals surface area (Å²) in [7, 11) is 1.31. The van der Waals surface area contributed by atoms with Crippen molar-refractivity contribution in [1.82, 2.24) is 0 Å². The van der Waals surface area contributed by atoms with Gasteiger partial charge in [-0.2, -0.15) is 0 Å². The molecule has 3 rings (SSSR count). The van der Waals surface area contributed by atoms with Gasteiger partial charge in [-0.3, -0.25) is 9.59 Å². The Kier molecular flexibility index (Phi) is 5.46. The normalized spacial score (nSPS) is 14.6. The summed E-state index contributed by atoms with van der Waals surface area (Å²) in [4.78, 5) is 37.0. The molecule has 2 aromatic carbocycles. The Labute approximate surface area is 170 Å². The Morgan fingerprint density at radius 2 is 1.28 bits per heavy atom. The molecule has 0 saturated heterocycles. The Morgan fingerprint density at radius 1 is 0.828 bits per heavy atom. The molecule has 6 nitrogen and oxygen atoms in total. The summed E-state index contributed by atoms with van der Waals surface area (Å²) in [6.45, 7) is 6.38. The van der Waals surface area contributed by atoms with E-state index in [4.69, 9.17) is 0 Å². The lowest BCUT2D eigenvalue weighted by molar-refractivity contribution is -0.131. The number of carbonyl (C=O) groups is 3. The third kappa shape index (κ3) is 4.47. The topological polar surface area (TPSA) is 84.5 Å². The van der Waals surface area contributed by atoms with E-state index in [0.717, 1.165) is 0 Å². The zero-order chi connectivity index (χ0) is 21.2. The van der Waals surface area contributed by atoms with E-state index in [2.05, 4.69) is 36.1 Å². The predicted molar refractivity (Wildman–Crippen MR) is 112 cm³/mol. The van der Waals surface area contributed by atoms with Crippen LogP contribution in [0.2, 0.25) is 0 Å². The lowest BCUT2D eigenvalue weighted by Gasteiger charge is -2.20. The summed E-state index contributed by atoms with van der Waals surface area (Å²) in [6.07, 6.45) is 1.01. The minimum absolute atomic E-state index is 0.0313. The molecule has 152 valence electrons. The maximum absolute atomic E-state index is 12.8. The first kappa shape index (κ1) is 20.6. The smallest absolute Gasteiger partial charge is 0.337 e. The number of hydrogen-bond donors (Lipinski definition) is 2. The molecule has 0 atom stereocenters. The van der Waals surface area contributed by atoms with Crippen molar-refractivity contribution >= 4 is 29.2 Å². The molecule has 1 fully saturated rings. The highest BCUT2D eigenvalue weighted by Gasteiger charge is 2.56. The first-order valence-corrected chi connectivity index (χ1v) is 9.57. The van der Waals surface area contributed by atoms with Crippen molar-refractivity contribution in [2.75, 3.05) is 17.7 Å². The van der Waals surface area contributed by atoms with E-state index in [1.165, 1.54) is 12.7 Å². The molecule has 0 bridgehead atoms. The second-order valence-corrected chi connectivity index (χ2v) is 8.39. The van der Waals surface area contributed by atoms with Crippen molar-refractivity contribution in [3.05, 3.63) is 59.7 Å². The fourth-order valence-corrected chi connectivity index (χ4v) is 3.04. The molecule has 2 N–H and O–H groups in total. The van der Waals surface area contributed by atoms with Crippen LogP contribution in [-0.2, 0) is 19.7 Å². The van der Waals surface area contributed by atoms with Crippen molar-refractivity contribution < 1.29 is 19.1 Å². The largest absolute Gasteiger partial charge is 0.465 e. The van der Waals surface area contributed by atoms with E-state index in [0.29, 0.717) is 29.8 Å². The van der Waals surface area contributed by atoms with Gasteiger partial charge in [-0.1, -0.05) is 32.9 Å². The molecular weight excluding hydrogens is 368 g/mol. The first-order valence-electron chi connectivity index (χ1n) is 9.57. The van der Waals surface area contributed by atoms with Crippen LogP contribution < -0.4 is 10.6 Å². The highest BCUT2D eigenvalue weighted by atomic mass is 16.5. The Morgan fingerprint density at radius 3 is 1.66 bits per heavy atom. The molecular formula is C23H26N2O4. The highest BCUT2D eigenvalue weighted by molar-refractivity contribution is 6.17. The van der Waals surface area contributed by atoms with Gasteiger partial charge >= 0.3 is 5.97 Å². The molecule has 29 heavy (non-hydrogen) atoms. The molecule has 2 amide bonds. The quantitative estimate of drug-likeness (QED) is 0.590. The summed E-state index contributed by atoms with van der Waals surface area (Å²) >= 11 is 0. The zero-order valence-electron chi connectivity index (χ0n) is 17.2. The minimum Gasteiger partial charge on any atom is -0.465 e. The summed E-state index contributed by atoms with van der Waals surface area (Å²) in [6, 6.07) is 14.1. The molecule has 1 saturated carbocycles. The van der Waals surface area contributed by atoms with Crippen LogP contribution in [0.25, 0.3) is 0 Å². The SMILES string of the molecule is COC(=O)c1ccc(NC(=O)C2(C(=O)Nc3ccc(C(C)(C)C)cc3)CC2)cc1. The zero-order valence-corrected chi connectivity index (χ0v) is 17.2. The second-order valence-electron chi connectivity index (χ2n) is 8.39. The van der Waals surface area contributed by atoms with Gasteiger partial charge in [0, 0.05) is 11.4 Å². The minimum atomic E-state index is -1.05. The third-order valence-corrected chi connectivity index (χ3v) is 5.19. The van der Waals surface area contributed by atoms with Gasteiger partial charge in [0.05, 0.1) is 12.7 Å². The van der Waals surface area contributed by atoms with Gasteiger partial charge in [0.25, 0.3) is 0 Å². The van der Waals surface area contributed by atoms with Gasteiger partial charge in [0.2, 0.25) is 11.8 Å². The van der Waals surface area contributed by atoms with E-state index in [-0.39, 0.29) is 17.2 Å². The van der Waals surface area contributed by atoms with Gasteiger partial charge in [0.1, 0.15) is 5.41 Å². The number of nitrogens with one attached hydrogen (secondary N) is 2. The van der Waals surface area contributed by atoms with E-state index < -0.39 is 11.4 Å². The van der Waals surface area contributed by atoms with Gasteiger partial charge < -0.3 is 15.4 Å². The van der Waals surface area contributed by atoms with Crippen LogP contribution >= 0.6 is 0 Å². The van der Waals surface area contributed by atoms with Crippen molar-refractivity contribution in [2.24, 2.45) is 5.41 Å². The fraction of sp³-hybridized carbons (Fsp3) is 0.348. The van der Waals surface area contributed by atoms with Crippen LogP contribution in [0.1, 0.15) is 49.5 Å². The van der Waals surface area contributed by atoms with Crippen molar-refractivity contribution in [2.45, 2.75) is 39.0 Å². The number of methoxy groups -OCH3 is 1. The van der Waals surface area contributed by atoms with E-state index in [1.807, 2.05) is 24.3 Å². The Bertz CT molecular complexity index is 921. The molecule has 1 aliphatic rings. The molecule has 0 spiro atoms. The summed E-state index contributed by atoms with van der Waals surface area (Å²) in [5, 5.41) is 5.63. The summed E-state index contributed by atoms with van der Waals surface area (Å²) < 4.78 is 4.66. The lowest BCUT2D eigenvalue weighted by Crippen LogP contribution is -2.35. The molecule has 0 heterocycles. The Hall–Kier alpha value is -3.15. The highest BCUT2D eigenvalue weighted by Crippen LogP contribution is 2.47. The molecule has 0 aliphatic heterocycles. The maximum atomic E-state index is 12.8. The van der Waals surface area contributed by atoms with Gasteiger partial charge in [-0.05, 0) is 60.2 Å². The average molecular weight is 394 g/mol. The average Bonchev–Trinajstić information content (AvgIpc) is 3.50. The lowest BCUT2D eigenvalue weighted by atomic mass is 9.87. The number of esters is 1. The molecule has 0 aromatic heterocycles. The van der Waals surface area contributed by atoms with Crippen LogP contribution in [0.4, 0.5) is 11.4 Å². The van der Waals surface area contributed by atoms with Gasteiger partial charge in [0.15, 0.2) is 0 Å². The Balaban J connectivity index is 1.65. The number of amides is 2. The molecule has 6 heteroatoms. The molecule has 2 aromatic rings.